The summed E-state index contributed by atoms with van der Waals surface area (Å²) >= 11 is 0. The van der Waals surface area contributed by atoms with E-state index in [0.29, 0.717) is 23.1 Å². The summed E-state index contributed by atoms with van der Waals surface area (Å²) in [5, 5.41) is 13.0. The molecule has 2 atom stereocenters. The Morgan fingerprint density at radius 3 is 2.42 bits per heavy atom. The quantitative estimate of drug-likeness (QED) is 0.556. The molecule has 0 radical (unpaired) electrons. The number of aromatic carboxylic acids is 1. The maximum Gasteiger partial charge on any atom is 0.335 e. The molecule has 1 heterocycles. The van der Waals surface area contributed by atoms with Gasteiger partial charge in [0.05, 0.1) is 5.56 Å². The Morgan fingerprint density at radius 1 is 1.09 bits per heavy atom. The van der Waals surface area contributed by atoms with Crippen LogP contribution in [0.15, 0.2) is 60.2 Å². The number of piperidine rings is 1. The monoisotopic (exact) mass is 444 g/mol. The molecule has 4 heteroatoms. The van der Waals surface area contributed by atoms with Crippen LogP contribution in [-0.2, 0) is 6.54 Å². The van der Waals surface area contributed by atoms with Gasteiger partial charge in [-0.25, -0.2) is 4.79 Å². The zero-order valence-electron chi connectivity index (χ0n) is 19.7. The highest BCUT2D eigenvalue weighted by molar-refractivity contribution is 5.87. The summed E-state index contributed by atoms with van der Waals surface area (Å²) < 4.78 is 0. The van der Waals surface area contributed by atoms with Gasteiger partial charge < -0.3 is 10.4 Å². The maximum atomic E-state index is 11.0. The van der Waals surface area contributed by atoms with E-state index in [9.17, 15) is 4.79 Å². The fraction of sp³-hybridized carbons (Fsp3) is 0.483. The zero-order valence-corrected chi connectivity index (χ0v) is 19.7. The van der Waals surface area contributed by atoms with Crippen molar-refractivity contribution < 1.29 is 9.90 Å². The fourth-order valence-corrected chi connectivity index (χ4v) is 6.03. The second kappa shape index (κ2) is 9.44. The number of carboxylic acid groups (broad SMARTS) is 1. The largest absolute Gasteiger partial charge is 0.478 e. The third kappa shape index (κ3) is 5.23. The number of hydrogen-bond donors (Lipinski definition) is 2. The summed E-state index contributed by atoms with van der Waals surface area (Å²) in [6, 6.07) is 19.5. The first-order valence-corrected chi connectivity index (χ1v) is 12.6. The molecular weight excluding hydrogens is 408 g/mol. The molecule has 1 spiro atoms. The number of likely N-dealkylation sites (tertiary alicyclic amines) is 1. The number of nitrogens with zero attached hydrogens (tertiary/aromatic N) is 1. The first kappa shape index (κ1) is 22.4. The minimum atomic E-state index is -0.856. The van der Waals surface area contributed by atoms with E-state index >= 15 is 0 Å². The number of nitrogens with one attached hydrogen (secondary N) is 1. The second-order valence-corrected chi connectivity index (χ2v) is 10.5. The van der Waals surface area contributed by atoms with Gasteiger partial charge in [0.1, 0.15) is 0 Å². The summed E-state index contributed by atoms with van der Waals surface area (Å²) in [5.74, 6) is -0.133. The van der Waals surface area contributed by atoms with E-state index in [2.05, 4.69) is 53.5 Å². The highest BCUT2D eigenvalue weighted by Gasteiger charge is 2.49. The lowest BCUT2D eigenvalue weighted by molar-refractivity contribution is 0.00296. The van der Waals surface area contributed by atoms with Crippen molar-refractivity contribution in [3.05, 3.63) is 76.9 Å². The van der Waals surface area contributed by atoms with Crippen molar-refractivity contribution in [1.82, 2.24) is 10.2 Å². The molecule has 0 bridgehead atoms. The summed E-state index contributed by atoms with van der Waals surface area (Å²) in [6.45, 7) is 5.52. The van der Waals surface area contributed by atoms with Crippen LogP contribution in [0, 0.1) is 11.3 Å². The van der Waals surface area contributed by atoms with Gasteiger partial charge in [0.2, 0.25) is 0 Å². The predicted molar refractivity (Wildman–Crippen MR) is 133 cm³/mol. The van der Waals surface area contributed by atoms with Crippen molar-refractivity contribution in [2.45, 2.75) is 64.1 Å². The van der Waals surface area contributed by atoms with Gasteiger partial charge in [0, 0.05) is 18.6 Å². The van der Waals surface area contributed by atoms with Crippen molar-refractivity contribution in [3.8, 4) is 0 Å². The van der Waals surface area contributed by atoms with Crippen LogP contribution in [0.25, 0.3) is 6.08 Å². The van der Waals surface area contributed by atoms with Crippen LogP contribution in [0.2, 0.25) is 0 Å². The molecule has 5 rings (SSSR count). The molecule has 2 aromatic carbocycles. The number of rotatable bonds is 8. The van der Waals surface area contributed by atoms with Crippen LogP contribution in [0.5, 0.6) is 0 Å². The molecule has 3 aliphatic rings. The molecule has 2 aliphatic carbocycles. The van der Waals surface area contributed by atoms with Crippen molar-refractivity contribution in [2.75, 3.05) is 13.1 Å². The molecule has 2 saturated carbocycles. The van der Waals surface area contributed by atoms with Crippen molar-refractivity contribution in [3.63, 3.8) is 0 Å². The van der Waals surface area contributed by atoms with E-state index in [1.54, 1.807) is 17.7 Å². The van der Waals surface area contributed by atoms with Crippen LogP contribution in [0.1, 0.15) is 66.9 Å². The topological polar surface area (TPSA) is 52.6 Å². The van der Waals surface area contributed by atoms with Gasteiger partial charge in [-0.2, -0.15) is 0 Å². The van der Waals surface area contributed by atoms with Crippen LogP contribution < -0.4 is 5.32 Å². The van der Waals surface area contributed by atoms with E-state index in [-0.39, 0.29) is 0 Å². The zero-order chi connectivity index (χ0) is 22.8. The summed E-state index contributed by atoms with van der Waals surface area (Å²) in [4.78, 5) is 13.6. The Hall–Kier alpha value is -2.43. The van der Waals surface area contributed by atoms with E-state index in [1.807, 2.05) is 12.1 Å². The summed E-state index contributed by atoms with van der Waals surface area (Å²) in [6.07, 6.45) is 10.1. The maximum absolute atomic E-state index is 11.0. The average Bonchev–Trinajstić information content (AvgIpc) is 3.58. The molecule has 1 aliphatic heterocycles. The molecular formula is C29H36N2O2. The van der Waals surface area contributed by atoms with Gasteiger partial charge >= 0.3 is 5.97 Å². The van der Waals surface area contributed by atoms with Gasteiger partial charge in [-0.3, -0.25) is 4.90 Å². The van der Waals surface area contributed by atoms with Crippen LogP contribution in [-0.4, -0.2) is 41.1 Å². The van der Waals surface area contributed by atoms with E-state index < -0.39 is 5.97 Å². The predicted octanol–water partition coefficient (Wildman–Crippen LogP) is 5.60. The Balaban J connectivity index is 1.05. The third-order valence-electron chi connectivity index (χ3n) is 8.16. The highest BCUT2D eigenvalue weighted by atomic mass is 16.4. The number of carbonyl (C=O) groups is 1. The first-order chi connectivity index (χ1) is 16.0. The second-order valence-electron chi connectivity index (χ2n) is 10.5. The van der Waals surface area contributed by atoms with Crippen LogP contribution in [0.4, 0.5) is 0 Å². The molecule has 1 saturated heterocycles. The molecule has 2 N–H and O–H groups in total. The van der Waals surface area contributed by atoms with Gasteiger partial charge in [-0.1, -0.05) is 61.0 Å². The Bertz CT molecular complexity index is 982. The molecule has 174 valence electrons. The molecule has 1 unspecified atom stereocenters. The first-order valence-electron chi connectivity index (χ1n) is 12.6. The molecule has 3 fully saturated rings. The third-order valence-corrected chi connectivity index (χ3v) is 8.16. The number of carboxylic acids is 1. The average molecular weight is 445 g/mol. The van der Waals surface area contributed by atoms with E-state index in [4.69, 9.17) is 5.11 Å². The smallest absolute Gasteiger partial charge is 0.335 e. The van der Waals surface area contributed by atoms with Crippen LogP contribution in [0.3, 0.4) is 0 Å². The SMILES string of the molecule is CCC(=Cc1ccccc1)C1C[C@@H]1NC1CC2(CCN(Cc3ccc(C(=O)O)cc3)CC2)C1. The van der Waals surface area contributed by atoms with Gasteiger partial charge in [0.15, 0.2) is 0 Å². The van der Waals surface area contributed by atoms with Gasteiger partial charge in [0.25, 0.3) is 0 Å². The normalized spacial score (nSPS) is 25.1. The van der Waals surface area contributed by atoms with Gasteiger partial charge in [-0.05, 0) is 86.2 Å². The molecule has 2 aromatic rings. The fourth-order valence-electron chi connectivity index (χ4n) is 6.03. The van der Waals surface area contributed by atoms with E-state index in [0.717, 1.165) is 32.0 Å². The lowest BCUT2D eigenvalue weighted by Gasteiger charge is -2.52. The lowest BCUT2D eigenvalue weighted by atomic mass is 9.60. The minimum Gasteiger partial charge on any atom is -0.478 e. The van der Waals surface area contributed by atoms with Crippen molar-refractivity contribution in [2.24, 2.45) is 11.3 Å². The minimum absolute atomic E-state index is 0.365. The highest BCUT2D eigenvalue weighted by Crippen LogP contribution is 2.51. The standard InChI is InChI=1S/C29H36N2O2/c1-2-23(16-21-6-4-3-5-7-21)26-17-27(26)30-25-18-29(19-25)12-14-31(15-13-29)20-22-8-10-24(11-9-22)28(32)33/h3-11,16,25-27,30H,2,12-15,17-20H2,1H3,(H,32,33)/t26?,27-/m0/s1. The number of hydrogen-bond acceptors (Lipinski definition) is 3. The van der Waals surface area contributed by atoms with Gasteiger partial charge in [-0.15, -0.1) is 0 Å². The number of benzene rings is 2. The van der Waals surface area contributed by atoms with E-state index in [1.165, 1.54) is 43.2 Å². The van der Waals surface area contributed by atoms with Crippen LogP contribution >= 0.6 is 0 Å². The summed E-state index contributed by atoms with van der Waals surface area (Å²) in [5.41, 5.74) is 5.05. The molecule has 0 amide bonds. The molecule has 33 heavy (non-hydrogen) atoms. The Kier molecular flexibility index (Phi) is 6.40. The summed E-state index contributed by atoms with van der Waals surface area (Å²) in [7, 11) is 0. The molecule has 0 aromatic heterocycles. The lowest BCUT2D eigenvalue weighted by Crippen LogP contribution is -2.54. The molecule has 4 nitrogen and oxygen atoms in total. The van der Waals surface area contributed by atoms with Crippen molar-refractivity contribution >= 4 is 12.0 Å². The Labute approximate surface area is 197 Å². The van der Waals surface area contributed by atoms with Crippen molar-refractivity contribution in [1.29, 1.82) is 0 Å². The Morgan fingerprint density at radius 2 is 1.79 bits per heavy atom.